The van der Waals surface area contributed by atoms with Crippen LogP contribution in [0.5, 0.6) is 0 Å². The summed E-state index contributed by atoms with van der Waals surface area (Å²) in [4.78, 5) is 6.42. The molecule has 1 saturated carbocycles. The van der Waals surface area contributed by atoms with Crippen LogP contribution in [0.1, 0.15) is 42.9 Å². The minimum absolute atomic E-state index is 0.0541. The number of aliphatic imine (C=N–C) groups is 1. The van der Waals surface area contributed by atoms with E-state index in [2.05, 4.69) is 33.1 Å². The standard InChI is InChI=1S/C22H29F3N6/c1-31(2)17-5-3-4-15(17)21(26)18(22(23,24)25)11-27-20(30-21)28-13-7-8-14-12(10-13)6-9-16-19(14)29-16/h7-8,10-11,15-17,19,29H,3-6,9,26H2,1-2H3,(H2,27,28,30)/t15-,16?,17-,19+,21-/m1/s1. The Morgan fingerprint density at radius 2 is 2.03 bits per heavy atom. The third kappa shape index (κ3) is 3.62. The SMILES string of the molecule is CN(C)[C@@H]1CCC[C@H]1[C@@]1(N)N=C(Nc2ccc3c(c2)CCC2N[C@@H]32)NC=C1C(F)(F)F. The van der Waals surface area contributed by atoms with Gasteiger partial charge in [0, 0.05) is 35.9 Å². The highest BCUT2D eigenvalue weighted by Gasteiger charge is 2.55. The topological polar surface area (TPSA) is 87.6 Å². The third-order valence-electron chi connectivity index (χ3n) is 7.25. The number of rotatable bonds is 3. The second-order valence-electron chi connectivity index (χ2n) is 9.38. The van der Waals surface area contributed by atoms with Gasteiger partial charge in [0.25, 0.3) is 0 Å². The number of guanidine groups is 1. The monoisotopic (exact) mass is 434 g/mol. The quantitative estimate of drug-likeness (QED) is 0.550. The Kier molecular flexibility index (Phi) is 4.84. The minimum Gasteiger partial charge on any atom is -0.332 e. The highest BCUT2D eigenvalue weighted by molar-refractivity contribution is 5.95. The van der Waals surface area contributed by atoms with Crippen LogP contribution in [0.25, 0.3) is 0 Å². The van der Waals surface area contributed by atoms with Gasteiger partial charge in [-0.2, -0.15) is 13.2 Å². The molecule has 0 aromatic heterocycles. The molecular weight excluding hydrogens is 405 g/mol. The first-order chi connectivity index (χ1) is 14.7. The van der Waals surface area contributed by atoms with Crippen molar-refractivity contribution < 1.29 is 13.2 Å². The normalized spacial score (nSPS) is 34.4. The van der Waals surface area contributed by atoms with Gasteiger partial charge >= 0.3 is 6.18 Å². The van der Waals surface area contributed by atoms with Gasteiger partial charge in [-0.1, -0.05) is 12.5 Å². The second-order valence-corrected chi connectivity index (χ2v) is 9.38. The molecule has 2 heterocycles. The Balaban J connectivity index is 1.44. The van der Waals surface area contributed by atoms with E-state index in [1.54, 1.807) is 0 Å². The van der Waals surface area contributed by atoms with E-state index in [0.29, 0.717) is 18.5 Å². The predicted molar refractivity (Wildman–Crippen MR) is 114 cm³/mol. The van der Waals surface area contributed by atoms with E-state index in [1.165, 1.54) is 11.1 Å². The molecule has 4 aliphatic rings. The molecule has 1 aromatic carbocycles. The van der Waals surface area contributed by atoms with Crippen LogP contribution in [0.3, 0.4) is 0 Å². The average molecular weight is 435 g/mol. The largest absolute Gasteiger partial charge is 0.417 e. The van der Waals surface area contributed by atoms with Crippen LogP contribution in [0.4, 0.5) is 18.9 Å². The number of nitrogens with two attached hydrogens (primary N) is 1. The lowest BCUT2D eigenvalue weighted by atomic mass is 9.82. The number of fused-ring (bicyclic) bond motifs is 3. The van der Waals surface area contributed by atoms with E-state index in [1.807, 2.05) is 25.1 Å². The lowest BCUT2D eigenvalue weighted by Gasteiger charge is -2.42. The first-order valence-corrected chi connectivity index (χ1v) is 10.9. The summed E-state index contributed by atoms with van der Waals surface area (Å²) < 4.78 is 41.7. The zero-order valence-electron chi connectivity index (χ0n) is 17.8. The van der Waals surface area contributed by atoms with Crippen molar-refractivity contribution in [2.24, 2.45) is 16.6 Å². The Morgan fingerprint density at radius 1 is 1.23 bits per heavy atom. The fourth-order valence-electron chi connectivity index (χ4n) is 5.64. The maximum Gasteiger partial charge on any atom is 0.417 e. The summed E-state index contributed by atoms with van der Waals surface area (Å²) in [5, 5.41) is 9.33. The molecule has 31 heavy (non-hydrogen) atoms. The number of aryl methyl sites for hydroxylation is 1. The van der Waals surface area contributed by atoms with E-state index < -0.39 is 23.3 Å². The summed E-state index contributed by atoms with van der Waals surface area (Å²) in [5.41, 5.74) is 7.23. The molecule has 0 radical (unpaired) electrons. The van der Waals surface area contributed by atoms with E-state index in [9.17, 15) is 13.2 Å². The van der Waals surface area contributed by atoms with Crippen LogP contribution in [0, 0.1) is 5.92 Å². The van der Waals surface area contributed by atoms with Gasteiger partial charge in [0.1, 0.15) is 5.66 Å². The van der Waals surface area contributed by atoms with Crippen molar-refractivity contribution in [1.29, 1.82) is 0 Å². The van der Waals surface area contributed by atoms with Gasteiger partial charge in [0.2, 0.25) is 5.96 Å². The highest BCUT2D eigenvalue weighted by atomic mass is 19.4. The van der Waals surface area contributed by atoms with Crippen LogP contribution in [0.15, 0.2) is 35.0 Å². The highest BCUT2D eigenvalue weighted by Crippen LogP contribution is 2.46. The maximum absolute atomic E-state index is 13.9. The number of hydrogen-bond donors (Lipinski definition) is 4. The van der Waals surface area contributed by atoms with E-state index in [4.69, 9.17) is 5.73 Å². The van der Waals surface area contributed by atoms with Crippen molar-refractivity contribution in [3.63, 3.8) is 0 Å². The van der Waals surface area contributed by atoms with Crippen molar-refractivity contribution in [2.45, 2.75) is 62.1 Å². The summed E-state index contributed by atoms with van der Waals surface area (Å²) in [5.74, 6) is -0.172. The smallest absolute Gasteiger partial charge is 0.332 e. The van der Waals surface area contributed by atoms with E-state index in [0.717, 1.165) is 37.6 Å². The molecule has 1 unspecified atom stereocenters. The lowest BCUT2D eigenvalue weighted by molar-refractivity contribution is -0.105. The Bertz CT molecular complexity index is 940. The molecule has 6 nitrogen and oxygen atoms in total. The van der Waals surface area contributed by atoms with Crippen molar-refractivity contribution in [3.8, 4) is 0 Å². The number of alkyl halides is 3. The number of anilines is 1. The zero-order valence-corrected chi connectivity index (χ0v) is 17.8. The first kappa shape index (κ1) is 20.8. The number of halogens is 3. The molecule has 0 amide bonds. The average Bonchev–Trinajstić information content (AvgIpc) is 3.31. The lowest BCUT2D eigenvalue weighted by Crippen LogP contribution is -2.59. The van der Waals surface area contributed by atoms with E-state index >= 15 is 0 Å². The Labute approximate surface area is 180 Å². The molecular formula is C22H29F3N6. The summed E-state index contributed by atoms with van der Waals surface area (Å²) in [6.07, 6.45) is 0.784. The Morgan fingerprint density at radius 3 is 2.77 bits per heavy atom. The fourth-order valence-corrected chi connectivity index (χ4v) is 5.64. The number of nitrogens with one attached hydrogen (secondary N) is 3. The first-order valence-electron chi connectivity index (χ1n) is 10.9. The molecule has 2 aliphatic carbocycles. The Hall–Kier alpha value is -2.10. The molecule has 1 saturated heterocycles. The van der Waals surface area contributed by atoms with Crippen LogP contribution in [0.2, 0.25) is 0 Å². The third-order valence-corrected chi connectivity index (χ3v) is 7.25. The molecule has 2 aliphatic heterocycles. The molecule has 5 rings (SSSR count). The van der Waals surface area contributed by atoms with Gasteiger partial charge in [-0.15, -0.1) is 0 Å². The summed E-state index contributed by atoms with van der Waals surface area (Å²) in [7, 11) is 3.78. The second kappa shape index (κ2) is 7.21. The fraction of sp³-hybridized carbons (Fsp3) is 0.591. The molecule has 168 valence electrons. The van der Waals surface area contributed by atoms with Gasteiger partial charge in [-0.3, -0.25) is 0 Å². The van der Waals surface area contributed by atoms with Gasteiger partial charge in [-0.05, 0) is 63.0 Å². The predicted octanol–water partition coefficient (Wildman–Crippen LogP) is 2.85. The van der Waals surface area contributed by atoms with Crippen LogP contribution in [-0.2, 0) is 6.42 Å². The molecule has 9 heteroatoms. The van der Waals surface area contributed by atoms with Gasteiger partial charge in [-0.25, -0.2) is 4.99 Å². The van der Waals surface area contributed by atoms with Gasteiger partial charge in [0.05, 0.1) is 5.57 Å². The molecule has 0 bridgehead atoms. The molecule has 0 spiro atoms. The van der Waals surface area contributed by atoms with Crippen LogP contribution in [-0.4, -0.2) is 48.9 Å². The van der Waals surface area contributed by atoms with Crippen molar-refractivity contribution in [3.05, 3.63) is 41.1 Å². The summed E-state index contributed by atoms with van der Waals surface area (Å²) >= 11 is 0. The van der Waals surface area contributed by atoms with Crippen LogP contribution < -0.4 is 21.7 Å². The number of hydrogen-bond acceptors (Lipinski definition) is 6. The van der Waals surface area contributed by atoms with Crippen molar-refractivity contribution in [2.75, 3.05) is 19.4 Å². The van der Waals surface area contributed by atoms with Gasteiger partial charge in [0.15, 0.2) is 0 Å². The molecule has 1 aromatic rings. The maximum atomic E-state index is 13.9. The summed E-state index contributed by atoms with van der Waals surface area (Å²) in [6.45, 7) is 0. The molecule has 5 atom stereocenters. The van der Waals surface area contributed by atoms with E-state index in [-0.39, 0.29) is 12.0 Å². The van der Waals surface area contributed by atoms with Crippen molar-refractivity contribution in [1.82, 2.24) is 15.5 Å². The van der Waals surface area contributed by atoms with Crippen LogP contribution >= 0.6 is 0 Å². The number of benzene rings is 1. The zero-order chi connectivity index (χ0) is 22.0. The summed E-state index contributed by atoms with van der Waals surface area (Å²) in [6, 6.07) is 7.09. The minimum atomic E-state index is -4.56. The van der Waals surface area contributed by atoms with Gasteiger partial charge < -0.3 is 26.6 Å². The number of nitrogens with zero attached hydrogens (tertiary/aromatic N) is 2. The molecule has 2 fully saturated rings. The molecule has 5 N–H and O–H groups in total. The van der Waals surface area contributed by atoms with Crippen molar-refractivity contribution >= 4 is 11.6 Å².